The molecular weight excluding hydrogens is 267 g/mol. The fourth-order valence-corrected chi connectivity index (χ4v) is 2.48. The van der Waals surface area contributed by atoms with Gasteiger partial charge in [0.2, 0.25) is 0 Å². The minimum Gasteiger partial charge on any atom is -0.394 e. The van der Waals surface area contributed by atoms with Crippen molar-refractivity contribution in [2.24, 2.45) is 0 Å². The van der Waals surface area contributed by atoms with Crippen LogP contribution in [0.5, 0.6) is 0 Å². The van der Waals surface area contributed by atoms with Gasteiger partial charge in [-0.05, 0) is 36.9 Å². The number of benzene rings is 2. The minimum atomic E-state index is -0.565. The Morgan fingerprint density at radius 1 is 1.10 bits per heavy atom. The van der Waals surface area contributed by atoms with Gasteiger partial charge in [0.05, 0.1) is 12.1 Å². The number of likely N-dealkylation sites (N-methyl/N-ethyl adjacent to an activating group) is 2. The average Bonchev–Trinajstić information content (AvgIpc) is 2.54. The molecule has 0 aliphatic rings. The molecule has 21 heavy (non-hydrogen) atoms. The molecule has 0 radical (unpaired) electrons. The zero-order chi connectivity index (χ0) is 15.3. The number of halogens is 1. The van der Waals surface area contributed by atoms with Crippen LogP contribution in [0.4, 0.5) is 10.1 Å². The van der Waals surface area contributed by atoms with E-state index in [0.29, 0.717) is 6.54 Å². The molecule has 0 saturated heterocycles. The third kappa shape index (κ3) is 3.40. The van der Waals surface area contributed by atoms with E-state index in [1.54, 1.807) is 12.1 Å². The number of rotatable bonds is 6. The van der Waals surface area contributed by atoms with Gasteiger partial charge in [0.25, 0.3) is 0 Å². The van der Waals surface area contributed by atoms with Gasteiger partial charge in [-0.1, -0.05) is 30.3 Å². The summed E-state index contributed by atoms with van der Waals surface area (Å²) >= 11 is 0. The van der Waals surface area contributed by atoms with Crippen molar-refractivity contribution in [3.8, 4) is 0 Å². The molecule has 1 atom stereocenters. The summed E-state index contributed by atoms with van der Waals surface area (Å²) in [6.45, 7) is 0.536. The fraction of sp³-hybridized carbons (Fsp3) is 0.294. The molecular formula is C17H21FN2O. The van der Waals surface area contributed by atoms with Crippen LogP contribution in [0, 0.1) is 5.82 Å². The molecule has 2 rings (SSSR count). The van der Waals surface area contributed by atoms with Gasteiger partial charge >= 0.3 is 0 Å². The highest BCUT2D eigenvalue weighted by atomic mass is 19.1. The molecule has 0 aliphatic heterocycles. The summed E-state index contributed by atoms with van der Waals surface area (Å²) in [5, 5.41) is 13.1. The lowest BCUT2D eigenvalue weighted by Gasteiger charge is -2.37. The summed E-state index contributed by atoms with van der Waals surface area (Å²) in [5.41, 5.74) is 1.36. The van der Waals surface area contributed by atoms with Gasteiger partial charge in [-0.2, -0.15) is 0 Å². The van der Waals surface area contributed by atoms with Crippen LogP contribution >= 0.6 is 0 Å². The lowest BCUT2D eigenvalue weighted by Crippen LogP contribution is -2.51. The minimum absolute atomic E-state index is 0.0287. The summed E-state index contributed by atoms with van der Waals surface area (Å²) in [4.78, 5) is 2.00. The van der Waals surface area contributed by atoms with E-state index in [4.69, 9.17) is 0 Å². The molecule has 112 valence electrons. The number of nitrogens with zero attached hydrogens (tertiary/aromatic N) is 1. The molecule has 0 amide bonds. The highest BCUT2D eigenvalue weighted by Gasteiger charge is 2.31. The molecule has 2 N–H and O–H groups in total. The maximum Gasteiger partial charge on any atom is 0.123 e. The van der Waals surface area contributed by atoms with Gasteiger partial charge in [-0.15, -0.1) is 0 Å². The number of nitrogens with one attached hydrogen (secondary N) is 1. The zero-order valence-corrected chi connectivity index (χ0v) is 12.4. The van der Waals surface area contributed by atoms with E-state index in [1.165, 1.54) is 12.1 Å². The summed E-state index contributed by atoms with van der Waals surface area (Å²) in [6.07, 6.45) is 0. The van der Waals surface area contributed by atoms with Crippen LogP contribution in [0.2, 0.25) is 0 Å². The smallest absolute Gasteiger partial charge is 0.123 e. The third-order valence-electron chi connectivity index (χ3n) is 3.85. The van der Waals surface area contributed by atoms with Crippen molar-refractivity contribution in [1.29, 1.82) is 0 Å². The highest BCUT2D eigenvalue weighted by molar-refractivity contribution is 5.46. The Kier molecular flexibility index (Phi) is 4.94. The second kappa shape index (κ2) is 6.70. The van der Waals surface area contributed by atoms with E-state index >= 15 is 0 Å². The van der Waals surface area contributed by atoms with E-state index in [1.807, 2.05) is 49.3 Å². The van der Waals surface area contributed by atoms with Gasteiger partial charge in [0.1, 0.15) is 5.82 Å². The first-order valence-corrected chi connectivity index (χ1v) is 6.93. The third-order valence-corrected chi connectivity index (χ3v) is 3.85. The van der Waals surface area contributed by atoms with E-state index < -0.39 is 5.54 Å². The monoisotopic (exact) mass is 288 g/mol. The Morgan fingerprint density at radius 3 is 2.24 bits per heavy atom. The molecule has 0 heterocycles. The van der Waals surface area contributed by atoms with Crippen molar-refractivity contribution in [3.63, 3.8) is 0 Å². The second-order valence-corrected chi connectivity index (χ2v) is 5.19. The van der Waals surface area contributed by atoms with Crippen molar-refractivity contribution < 1.29 is 9.50 Å². The number of aliphatic hydroxyl groups is 1. The molecule has 2 aromatic carbocycles. The maximum atomic E-state index is 13.0. The molecule has 1 unspecified atom stereocenters. The van der Waals surface area contributed by atoms with Crippen LogP contribution in [0.25, 0.3) is 0 Å². The quantitative estimate of drug-likeness (QED) is 0.856. The van der Waals surface area contributed by atoms with Crippen LogP contribution in [0.15, 0.2) is 54.6 Å². The van der Waals surface area contributed by atoms with Gasteiger partial charge in [-0.25, -0.2) is 4.39 Å². The maximum absolute atomic E-state index is 13.0. The van der Waals surface area contributed by atoms with Gasteiger partial charge in [0, 0.05) is 19.3 Å². The number of anilines is 1. The SMILES string of the molecule is CNC(CO)(CN(C)c1ccc(F)cc1)c1ccccc1. The number of aliphatic hydroxyl groups excluding tert-OH is 1. The van der Waals surface area contributed by atoms with Crippen LogP contribution in [0.1, 0.15) is 5.56 Å². The van der Waals surface area contributed by atoms with Crippen molar-refractivity contribution in [2.75, 3.05) is 32.1 Å². The molecule has 0 fully saturated rings. The Bertz CT molecular complexity index is 553. The van der Waals surface area contributed by atoms with Gasteiger partial charge < -0.3 is 15.3 Å². The van der Waals surface area contributed by atoms with E-state index in [2.05, 4.69) is 5.32 Å². The normalized spacial score (nSPS) is 13.7. The van der Waals surface area contributed by atoms with E-state index in [9.17, 15) is 9.50 Å². The molecule has 0 bridgehead atoms. The fourth-order valence-electron chi connectivity index (χ4n) is 2.48. The van der Waals surface area contributed by atoms with Crippen LogP contribution in [-0.4, -0.2) is 32.4 Å². The Labute approximate surface area is 125 Å². The van der Waals surface area contributed by atoms with Crippen LogP contribution in [-0.2, 0) is 5.54 Å². The summed E-state index contributed by atoms with van der Waals surface area (Å²) in [7, 11) is 3.76. The highest BCUT2D eigenvalue weighted by Crippen LogP contribution is 2.24. The molecule has 4 heteroatoms. The molecule has 0 spiro atoms. The predicted molar refractivity (Wildman–Crippen MR) is 83.9 cm³/mol. The summed E-state index contributed by atoms with van der Waals surface area (Å²) in [6, 6.07) is 16.2. The summed E-state index contributed by atoms with van der Waals surface area (Å²) < 4.78 is 13.0. The Balaban J connectivity index is 2.25. The van der Waals surface area contributed by atoms with E-state index in [0.717, 1.165) is 11.3 Å². The average molecular weight is 288 g/mol. The van der Waals surface area contributed by atoms with Crippen LogP contribution in [0.3, 0.4) is 0 Å². The van der Waals surface area contributed by atoms with Gasteiger partial charge in [0.15, 0.2) is 0 Å². The standard InChI is InChI=1S/C17H21FN2O/c1-19-17(13-21,14-6-4-3-5-7-14)12-20(2)16-10-8-15(18)9-11-16/h3-11,19,21H,12-13H2,1-2H3. The van der Waals surface area contributed by atoms with Crippen molar-refractivity contribution >= 4 is 5.69 Å². The van der Waals surface area contributed by atoms with Crippen molar-refractivity contribution in [2.45, 2.75) is 5.54 Å². The largest absolute Gasteiger partial charge is 0.394 e. The summed E-state index contributed by atoms with van der Waals surface area (Å²) in [5.74, 6) is -0.253. The van der Waals surface area contributed by atoms with Gasteiger partial charge in [-0.3, -0.25) is 0 Å². The Morgan fingerprint density at radius 2 is 1.71 bits per heavy atom. The lowest BCUT2D eigenvalue weighted by atomic mass is 9.90. The van der Waals surface area contributed by atoms with E-state index in [-0.39, 0.29) is 12.4 Å². The number of hydrogen-bond acceptors (Lipinski definition) is 3. The predicted octanol–water partition coefficient (Wildman–Crippen LogP) is 2.37. The molecule has 2 aromatic rings. The first-order chi connectivity index (χ1) is 10.1. The second-order valence-electron chi connectivity index (χ2n) is 5.19. The molecule has 0 aliphatic carbocycles. The topological polar surface area (TPSA) is 35.5 Å². The Hall–Kier alpha value is -1.91. The first kappa shape index (κ1) is 15.5. The lowest BCUT2D eigenvalue weighted by molar-refractivity contribution is 0.173. The van der Waals surface area contributed by atoms with Crippen molar-refractivity contribution in [1.82, 2.24) is 5.32 Å². The molecule has 0 saturated carbocycles. The molecule has 0 aromatic heterocycles. The van der Waals surface area contributed by atoms with Crippen LogP contribution < -0.4 is 10.2 Å². The zero-order valence-electron chi connectivity index (χ0n) is 12.4. The molecule has 3 nitrogen and oxygen atoms in total. The first-order valence-electron chi connectivity index (χ1n) is 6.93. The van der Waals surface area contributed by atoms with Crippen molar-refractivity contribution in [3.05, 3.63) is 66.0 Å². The number of hydrogen-bond donors (Lipinski definition) is 2.